The Kier molecular flexibility index (Phi) is 3.82. The molecule has 2 rings (SSSR count). The Labute approximate surface area is 112 Å². The van der Waals surface area contributed by atoms with Crippen LogP contribution in [0.25, 0.3) is 0 Å². The van der Waals surface area contributed by atoms with Gasteiger partial charge in [-0.2, -0.15) is 0 Å². The van der Waals surface area contributed by atoms with E-state index in [1.165, 1.54) is 18.4 Å². The zero-order chi connectivity index (χ0) is 13.3. The molecule has 96 valence electrons. The van der Waals surface area contributed by atoms with Gasteiger partial charge in [-0.25, -0.2) is 8.78 Å². The van der Waals surface area contributed by atoms with Gasteiger partial charge in [-0.15, -0.1) is 0 Å². The third-order valence-corrected chi connectivity index (χ3v) is 3.46. The number of rotatable bonds is 3. The largest absolute Gasteiger partial charge is 0.466 e. The van der Waals surface area contributed by atoms with Gasteiger partial charge in [-0.05, 0) is 47.6 Å². The molecule has 0 amide bonds. The summed E-state index contributed by atoms with van der Waals surface area (Å²) in [5, 5.41) is 2.87. The summed E-state index contributed by atoms with van der Waals surface area (Å²) in [7, 11) is 1.63. The first-order valence-corrected chi connectivity index (χ1v) is 6.20. The van der Waals surface area contributed by atoms with Crippen LogP contribution >= 0.6 is 15.9 Å². The number of furan rings is 1. The van der Waals surface area contributed by atoms with Crippen molar-refractivity contribution in [2.24, 2.45) is 0 Å². The Morgan fingerprint density at radius 2 is 2.00 bits per heavy atom. The van der Waals surface area contributed by atoms with E-state index in [2.05, 4.69) is 21.2 Å². The molecule has 1 aromatic carbocycles. The molecule has 1 N–H and O–H groups in total. The number of hydrogen-bond acceptors (Lipinski definition) is 2. The van der Waals surface area contributed by atoms with Gasteiger partial charge >= 0.3 is 0 Å². The molecule has 1 unspecified atom stereocenters. The fourth-order valence-corrected chi connectivity index (χ4v) is 2.29. The highest BCUT2D eigenvalue weighted by Gasteiger charge is 2.25. The van der Waals surface area contributed by atoms with Crippen molar-refractivity contribution in [1.82, 2.24) is 5.32 Å². The highest BCUT2D eigenvalue weighted by molar-refractivity contribution is 9.10. The molecule has 1 atom stereocenters. The Morgan fingerprint density at radius 3 is 2.56 bits per heavy atom. The first kappa shape index (κ1) is 13.2. The average Bonchev–Trinajstić information content (AvgIpc) is 2.76. The van der Waals surface area contributed by atoms with Gasteiger partial charge in [0.1, 0.15) is 17.4 Å². The maximum atomic E-state index is 14.1. The Hall–Kier alpha value is -1.20. The molecule has 2 nitrogen and oxygen atoms in total. The summed E-state index contributed by atoms with van der Waals surface area (Å²) in [5.41, 5.74) is 0.363. The molecule has 0 saturated carbocycles. The van der Waals surface area contributed by atoms with Crippen LogP contribution in [0, 0.1) is 18.6 Å². The van der Waals surface area contributed by atoms with Crippen molar-refractivity contribution >= 4 is 15.9 Å². The van der Waals surface area contributed by atoms with Crippen molar-refractivity contribution in [3.05, 3.63) is 57.5 Å². The topological polar surface area (TPSA) is 25.2 Å². The van der Waals surface area contributed by atoms with Gasteiger partial charge in [-0.3, -0.25) is 0 Å². The molecule has 0 fully saturated rings. The van der Waals surface area contributed by atoms with Crippen molar-refractivity contribution in [1.29, 1.82) is 0 Å². The second-order valence-electron chi connectivity index (χ2n) is 3.95. The average molecular weight is 316 g/mol. The van der Waals surface area contributed by atoms with Gasteiger partial charge in [0.25, 0.3) is 0 Å². The first-order valence-electron chi connectivity index (χ1n) is 5.41. The molecule has 0 aliphatic carbocycles. The van der Waals surface area contributed by atoms with E-state index < -0.39 is 17.7 Å². The van der Waals surface area contributed by atoms with Crippen molar-refractivity contribution in [3.8, 4) is 0 Å². The highest BCUT2D eigenvalue weighted by atomic mass is 79.9. The SMILES string of the molecule is CNC(c1occc1Br)c1c(F)ccc(C)c1F. The monoisotopic (exact) mass is 315 g/mol. The minimum Gasteiger partial charge on any atom is -0.466 e. The lowest BCUT2D eigenvalue weighted by Crippen LogP contribution is -2.20. The van der Waals surface area contributed by atoms with Crippen molar-refractivity contribution in [2.75, 3.05) is 7.05 Å². The summed E-state index contributed by atoms with van der Waals surface area (Å²) >= 11 is 3.29. The number of aryl methyl sites for hydroxylation is 1. The normalized spacial score (nSPS) is 12.7. The summed E-state index contributed by atoms with van der Waals surface area (Å²) in [5.74, 6) is -0.709. The van der Waals surface area contributed by atoms with E-state index in [1.807, 2.05) is 0 Å². The molecule has 0 bridgehead atoms. The minimum absolute atomic E-state index is 0.0341. The van der Waals surface area contributed by atoms with Crippen molar-refractivity contribution < 1.29 is 13.2 Å². The second kappa shape index (κ2) is 5.20. The summed E-state index contributed by atoms with van der Waals surface area (Å²) in [6, 6.07) is 3.69. The second-order valence-corrected chi connectivity index (χ2v) is 4.80. The summed E-state index contributed by atoms with van der Waals surface area (Å²) < 4.78 is 33.9. The third kappa shape index (κ3) is 2.20. The lowest BCUT2D eigenvalue weighted by Gasteiger charge is -2.17. The molecule has 1 heterocycles. The quantitative estimate of drug-likeness (QED) is 0.928. The number of hydrogen-bond donors (Lipinski definition) is 1. The van der Waals surface area contributed by atoms with Crippen LogP contribution in [-0.4, -0.2) is 7.05 Å². The fraction of sp³-hybridized carbons (Fsp3) is 0.231. The van der Waals surface area contributed by atoms with Crippen LogP contribution in [0.15, 0.2) is 33.4 Å². The number of halogens is 3. The number of benzene rings is 1. The van der Waals surface area contributed by atoms with Crippen LogP contribution in [0.5, 0.6) is 0 Å². The maximum absolute atomic E-state index is 14.1. The summed E-state index contributed by atoms with van der Waals surface area (Å²) in [6.07, 6.45) is 1.47. The van der Waals surface area contributed by atoms with Gasteiger partial charge in [-0.1, -0.05) is 6.07 Å². The fourth-order valence-electron chi connectivity index (χ4n) is 1.86. The lowest BCUT2D eigenvalue weighted by atomic mass is 10.0. The summed E-state index contributed by atoms with van der Waals surface area (Å²) in [6.45, 7) is 1.60. The van der Waals surface area contributed by atoms with E-state index in [0.29, 0.717) is 15.8 Å². The Morgan fingerprint density at radius 1 is 1.28 bits per heavy atom. The van der Waals surface area contributed by atoms with E-state index >= 15 is 0 Å². The molecule has 5 heteroatoms. The predicted molar refractivity (Wildman–Crippen MR) is 68.4 cm³/mol. The van der Waals surface area contributed by atoms with Gasteiger partial charge < -0.3 is 9.73 Å². The van der Waals surface area contributed by atoms with E-state index in [9.17, 15) is 8.78 Å². The van der Waals surface area contributed by atoms with E-state index in [-0.39, 0.29) is 5.56 Å². The molecule has 1 aromatic heterocycles. The molecule has 0 aliphatic heterocycles. The van der Waals surface area contributed by atoms with Gasteiger partial charge in [0.05, 0.1) is 16.8 Å². The Balaban J connectivity index is 2.59. The zero-order valence-electron chi connectivity index (χ0n) is 9.93. The van der Waals surface area contributed by atoms with Gasteiger partial charge in [0, 0.05) is 5.56 Å². The van der Waals surface area contributed by atoms with Crippen LogP contribution in [0.4, 0.5) is 8.78 Å². The van der Waals surface area contributed by atoms with Crippen LogP contribution < -0.4 is 5.32 Å². The lowest BCUT2D eigenvalue weighted by molar-refractivity contribution is 0.435. The van der Waals surface area contributed by atoms with Crippen molar-refractivity contribution in [2.45, 2.75) is 13.0 Å². The molecule has 0 radical (unpaired) electrons. The molecular weight excluding hydrogens is 304 g/mol. The summed E-state index contributed by atoms with van der Waals surface area (Å²) in [4.78, 5) is 0. The van der Waals surface area contributed by atoms with Crippen LogP contribution in [-0.2, 0) is 0 Å². The molecule has 2 aromatic rings. The number of nitrogens with one attached hydrogen (secondary N) is 1. The van der Waals surface area contributed by atoms with E-state index in [1.54, 1.807) is 20.0 Å². The smallest absolute Gasteiger partial charge is 0.139 e. The zero-order valence-corrected chi connectivity index (χ0v) is 11.5. The van der Waals surface area contributed by atoms with E-state index in [4.69, 9.17) is 4.42 Å². The Bertz CT molecular complexity index is 568. The standard InChI is InChI=1S/C13H12BrF2NO/c1-7-3-4-9(15)10(11(7)16)12(17-2)13-8(14)5-6-18-13/h3-6,12,17H,1-2H3. The molecule has 18 heavy (non-hydrogen) atoms. The minimum atomic E-state index is -0.672. The molecular formula is C13H12BrF2NO. The van der Waals surface area contributed by atoms with Crippen LogP contribution in [0.1, 0.15) is 22.9 Å². The van der Waals surface area contributed by atoms with Crippen LogP contribution in [0.2, 0.25) is 0 Å². The first-order chi connectivity index (χ1) is 8.56. The van der Waals surface area contributed by atoms with Crippen LogP contribution in [0.3, 0.4) is 0 Å². The predicted octanol–water partition coefficient (Wildman–Crippen LogP) is 3.94. The van der Waals surface area contributed by atoms with E-state index in [0.717, 1.165) is 0 Å². The molecule has 0 spiro atoms. The molecule has 0 aliphatic rings. The molecule has 0 saturated heterocycles. The van der Waals surface area contributed by atoms with Gasteiger partial charge in [0.2, 0.25) is 0 Å². The third-order valence-electron chi connectivity index (χ3n) is 2.80. The maximum Gasteiger partial charge on any atom is 0.139 e. The van der Waals surface area contributed by atoms with Crippen molar-refractivity contribution in [3.63, 3.8) is 0 Å². The van der Waals surface area contributed by atoms with Gasteiger partial charge in [0.15, 0.2) is 0 Å². The highest BCUT2D eigenvalue weighted by Crippen LogP contribution is 2.32.